The monoisotopic (exact) mass is 245 g/mol. The summed E-state index contributed by atoms with van der Waals surface area (Å²) < 4.78 is 0. The second kappa shape index (κ2) is 8.37. The van der Waals surface area contributed by atoms with Crippen molar-refractivity contribution in [1.29, 1.82) is 0 Å². The molecule has 1 unspecified atom stereocenters. The normalized spacial score (nSPS) is 11.4. The number of amides is 3. The van der Waals surface area contributed by atoms with Crippen LogP contribution in [0.4, 0.5) is 4.79 Å². The van der Waals surface area contributed by atoms with Gasteiger partial charge in [0.15, 0.2) is 0 Å². The van der Waals surface area contributed by atoms with Gasteiger partial charge < -0.3 is 21.1 Å². The molecule has 0 aliphatic heterocycles. The fraction of sp³-hybridized carbons (Fsp3) is 0.700. The molecule has 4 N–H and O–H groups in total. The van der Waals surface area contributed by atoms with Gasteiger partial charge in [-0.1, -0.05) is 6.92 Å². The molecular formula is C10H19N3O4. The molecule has 3 amide bonds. The highest BCUT2D eigenvalue weighted by Crippen LogP contribution is 1.98. The van der Waals surface area contributed by atoms with Crippen molar-refractivity contribution in [2.75, 3.05) is 19.6 Å². The van der Waals surface area contributed by atoms with Gasteiger partial charge in [0, 0.05) is 33.0 Å². The lowest BCUT2D eigenvalue weighted by atomic mass is 10.1. The molecule has 1 atom stereocenters. The molecule has 0 spiro atoms. The molecule has 0 bridgehead atoms. The third-order valence-electron chi connectivity index (χ3n) is 1.92. The summed E-state index contributed by atoms with van der Waals surface area (Å²) in [6.07, 6.45) is 0.0200. The Balaban J connectivity index is 3.52. The molecule has 0 saturated heterocycles. The summed E-state index contributed by atoms with van der Waals surface area (Å²) in [7, 11) is 0. The summed E-state index contributed by atoms with van der Waals surface area (Å²) in [5, 5.41) is 16.1. The van der Waals surface area contributed by atoms with Crippen LogP contribution in [0, 0.1) is 5.92 Å². The van der Waals surface area contributed by atoms with E-state index in [-0.39, 0.29) is 24.3 Å². The second-order valence-corrected chi connectivity index (χ2v) is 3.82. The molecule has 0 aromatic carbocycles. The van der Waals surface area contributed by atoms with Crippen LogP contribution in [0.5, 0.6) is 0 Å². The van der Waals surface area contributed by atoms with E-state index < -0.39 is 5.97 Å². The fourth-order valence-corrected chi connectivity index (χ4v) is 1.11. The zero-order valence-electron chi connectivity index (χ0n) is 10.1. The highest BCUT2D eigenvalue weighted by molar-refractivity contribution is 5.74. The molecule has 0 saturated carbocycles. The summed E-state index contributed by atoms with van der Waals surface area (Å²) in [6.45, 7) is 4.14. The first kappa shape index (κ1) is 15.2. The Morgan fingerprint density at radius 1 is 1.12 bits per heavy atom. The van der Waals surface area contributed by atoms with Gasteiger partial charge in [-0.2, -0.15) is 0 Å². The van der Waals surface area contributed by atoms with Crippen molar-refractivity contribution in [3.8, 4) is 0 Å². The highest BCUT2D eigenvalue weighted by Gasteiger charge is 2.08. The van der Waals surface area contributed by atoms with Gasteiger partial charge in [0.25, 0.3) is 0 Å². The van der Waals surface area contributed by atoms with Gasteiger partial charge >= 0.3 is 12.0 Å². The number of carbonyl (C=O) groups excluding carboxylic acids is 2. The van der Waals surface area contributed by atoms with Crippen LogP contribution in [0.3, 0.4) is 0 Å². The first-order chi connectivity index (χ1) is 7.91. The highest BCUT2D eigenvalue weighted by atomic mass is 16.4. The number of nitrogens with one attached hydrogen (secondary N) is 3. The van der Waals surface area contributed by atoms with Crippen LogP contribution in [0.2, 0.25) is 0 Å². The second-order valence-electron chi connectivity index (χ2n) is 3.82. The van der Waals surface area contributed by atoms with Crippen LogP contribution in [0.25, 0.3) is 0 Å². The minimum Gasteiger partial charge on any atom is -0.481 e. The Bertz CT molecular complexity index is 281. The predicted molar refractivity (Wildman–Crippen MR) is 61.5 cm³/mol. The molecule has 0 aromatic heterocycles. The number of urea groups is 1. The van der Waals surface area contributed by atoms with Gasteiger partial charge in [-0.25, -0.2) is 4.79 Å². The van der Waals surface area contributed by atoms with Crippen LogP contribution in [0.1, 0.15) is 20.3 Å². The van der Waals surface area contributed by atoms with Crippen molar-refractivity contribution in [2.24, 2.45) is 5.92 Å². The molecule has 17 heavy (non-hydrogen) atoms. The molecule has 7 nitrogen and oxygen atoms in total. The van der Waals surface area contributed by atoms with Gasteiger partial charge in [0.1, 0.15) is 0 Å². The van der Waals surface area contributed by atoms with Crippen LogP contribution >= 0.6 is 0 Å². The molecule has 0 radical (unpaired) electrons. The van der Waals surface area contributed by atoms with E-state index in [1.165, 1.54) is 6.92 Å². The maximum Gasteiger partial charge on any atom is 0.314 e. The third kappa shape index (κ3) is 10.5. The average Bonchev–Trinajstić information content (AvgIpc) is 2.20. The van der Waals surface area contributed by atoms with Gasteiger partial charge in [-0.15, -0.1) is 0 Å². The largest absolute Gasteiger partial charge is 0.481 e. The van der Waals surface area contributed by atoms with E-state index in [0.717, 1.165) is 0 Å². The summed E-state index contributed by atoms with van der Waals surface area (Å²) >= 11 is 0. The van der Waals surface area contributed by atoms with E-state index >= 15 is 0 Å². The lowest BCUT2D eigenvalue weighted by Crippen LogP contribution is -2.41. The number of carboxylic acid groups (broad SMARTS) is 1. The van der Waals surface area contributed by atoms with Crippen molar-refractivity contribution < 1.29 is 19.5 Å². The Morgan fingerprint density at radius 2 is 1.71 bits per heavy atom. The van der Waals surface area contributed by atoms with Gasteiger partial charge in [-0.3, -0.25) is 9.59 Å². The van der Waals surface area contributed by atoms with E-state index in [0.29, 0.717) is 19.6 Å². The molecule has 98 valence electrons. The molecule has 0 aliphatic carbocycles. The fourth-order valence-electron chi connectivity index (χ4n) is 1.11. The van der Waals surface area contributed by atoms with Crippen LogP contribution in [-0.2, 0) is 9.59 Å². The molecule has 0 aromatic rings. The van der Waals surface area contributed by atoms with E-state index in [9.17, 15) is 14.4 Å². The van der Waals surface area contributed by atoms with Gasteiger partial charge in [0.05, 0.1) is 0 Å². The van der Waals surface area contributed by atoms with E-state index in [1.54, 1.807) is 6.92 Å². The molecule has 0 aliphatic rings. The van der Waals surface area contributed by atoms with Crippen LogP contribution in [-0.4, -0.2) is 42.6 Å². The number of carbonyl (C=O) groups is 3. The minimum absolute atomic E-state index is 0.0200. The maximum atomic E-state index is 11.2. The molecule has 7 heteroatoms. The first-order valence-corrected chi connectivity index (χ1v) is 5.39. The zero-order chi connectivity index (χ0) is 13.3. The van der Waals surface area contributed by atoms with Crippen molar-refractivity contribution in [2.45, 2.75) is 20.3 Å². The van der Waals surface area contributed by atoms with Gasteiger partial charge in [0.2, 0.25) is 5.91 Å². The quantitative estimate of drug-likeness (QED) is 0.455. The number of carboxylic acids is 1. The SMILES string of the molecule is CC(=O)NCCNC(=O)NCC(C)CC(=O)O. The Labute approximate surface area is 100.0 Å². The van der Waals surface area contributed by atoms with Crippen molar-refractivity contribution >= 4 is 17.9 Å². The standard InChI is InChI=1S/C10H19N3O4/c1-7(5-9(15)16)6-13-10(17)12-4-3-11-8(2)14/h7H,3-6H2,1-2H3,(H,11,14)(H,15,16)(H2,12,13,17). The first-order valence-electron chi connectivity index (χ1n) is 5.39. The van der Waals surface area contributed by atoms with E-state index in [1.807, 2.05) is 0 Å². The smallest absolute Gasteiger partial charge is 0.314 e. The van der Waals surface area contributed by atoms with Crippen molar-refractivity contribution in [3.05, 3.63) is 0 Å². The third-order valence-corrected chi connectivity index (χ3v) is 1.92. The lowest BCUT2D eigenvalue weighted by Gasteiger charge is -2.11. The maximum absolute atomic E-state index is 11.2. The number of rotatable bonds is 7. The molecular weight excluding hydrogens is 226 g/mol. The Hall–Kier alpha value is -1.79. The van der Waals surface area contributed by atoms with Gasteiger partial charge in [-0.05, 0) is 5.92 Å². The van der Waals surface area contributed by atoms with Crippen LogP contribution < -0.4 is 16.0 Å². The number of aliphatic carboxylic acids is 1. The van der Waals surface area contributed by atoms with Crippen molar-refractivity contribution in [1.82, 2.24) is 16.0 Å². The number of hydrogen-bond acceptors (Lipinski definition) is 3. The Morgan fingerprint density at radius 3 is 2.24 bits per heavy atom. The van der Waals surface area contributed by atoms with Crippen LogP contribution in [0.15, 0.2) is 0 Å². The van der Waals surface area contributed by atoms with E-state index in [2.05, 4.69) is 16.0 Å². The van der Waals surface area contributed by atoms with Crippen molar-refractivity contribution in [3.63, 3.8) is 0 Å². The zero-order valence-corrected chi connectivity index (χ0v) is 10.1. The summed E-state index contributed by atoms with van der Waals surface area (Å²) in [5.74, 6) is -1.15. The molecule has 0 rings (SSSR count). The lowest BCUT2D eigenvalue weighted by molar-refractivity contribution is -0.137. The van der Waals surface area contributed by atoms with E-state index in [4.69, 9.17) is 5.11 Å². The molecule has 0 heterocycles. The minimum atomic E-state index is -0.884. The molecule has 0 fully saturated rings. The topological polar surface area (TPSA) is 108 Å². The Kier molecular flexibility index (Phi) is 7.49. The average molecular weight is 245 g/mol. The predicted octanol–water partition coefficient (Wildman–Crippen LogP) is -0.467. The number of hydrogen-bond donors (Lipinski definition) is 4. The summed E-state index contributed by atoms with van der Waals surface area (Å²) in [6, 6.07) is -0.368. The summed E-state index contributed by atoms with van der Waals surface area (Å²) in [4.78, 5) is 32.1. The summed E-state index contributed by atoms with van der Waals surface area (Å²) in [5.41, 5.74) is 0.